The van der Waals surface area contributed by atoms with Crippen molar-refractivity contribution in [2.75, 3.05) is 5.32 Å². The van der Waals surface area contributed by atoms with Crippen LogP contribution in [0.25, 0.3) is 39.0 Å². The van der Waals surface area contributed by atoms with Gasteiger partial charge in [0.05, 0.1) is 11.1 Å². The third kappa shape index (κ3) is 5.65. The van der Waals surface area contributed by atoms with Crippen LogP contribution in [0, 0.1) is 0 Å². The molecule has 0 saturated heterocycles. The van der Waals surface area contributed by atoms with E-state index in [0.717, 1.165) is 40.1 Å². The lowest BCUT2D eigenvalue weighted by Crippen LogP contribution is -2.32. The van der Waals surface area contributed by atoms with Crippen molar-refractivity contribution in [2.24, 2.45) is 4.99 Å². The van der Waals surface area contributed by atoms with Gasteiger partial charge >= 0.3 is 0 Å². The molecule has 3 atom stereocenters. The lowest BCUT2D eigenvalue weighted by Gasteiger charge is -2.42. The molecule has 0 saturated carbocycles. The quantitative estimate of drug-likeness (QED) is 0.187. The SMILES string of the molecule is C=C1c2ccccc2-c2c(ccc3c2Sc2ccccc2C32c3ccccc3-c3cc(CC)ccc32)C1c1cccc(-c2ccc(C3=NC(c4ccccc4)Nc4ccccc43)cc2)c1. The van der Waals surface area contributed by atoms with Crippen LogP contribution in [0.2, 0.25) is 0 Å². The average Bonchev–Trinajstić information content (AvgIpc) is 3.66. The summed E-state index contributed by atoms with van der Waals surface area (Å²) in [6.07, 6.45) is 0.850. The first-order valence-electron chi connectivity index (χ1n) is 22.8. The summed E-state index contributed by atoms with van der Waals surface area (Å²) in [7, 11) is 0. The highest BCUT2D eigenvalue weighted by atomic mass is 32.2. The van der Waals surface area contributed by atoms with E-state index in [-0.39, 0.29) is 12.1 Å². The molecular weight excluding hydrogens is 805 g/mol. The molecule has 308 valence electrons. The number of benzene rings is 9. The van der Waals surface area contributed by atoms with Crippen molar-refractivity contribution in [3.05, 3.63) is 274 Å². The highest BCUT2D eigenvalue weighted by Crippen LogP contribution is 2.65. The summed E-state index contributed by atoms with van der Waals surface area (Å²) >= 11 is 1.94. The predicted octanol–water partition coefficient (Wildman–Crippen LogP) is 15.5. The molecule has 9 aromatic carbocycles. The van der Waals surface area contributed by atoms with Gasteiger partial charge in [-0.1, -0.05) is 219 Å². The lowest BCUT2D eigenvalue weighted by molar-refractivity contribution is 0.721. The molecule has 2 aliphatic heterocycles. The number of nitrogens with one attached hydrogen (secondary N) is 1. The molecule has 0 fully saturated rings. The number of aryl methyl sites for hydroxylation is 1. The van der Waals surface area contributed by atoms with E-state index in [4.69, 9.17) is 11.6 Å². The first-order valence-corrected chi connectivity index (χ1v) is 23.6. The predicted molar refractivity (Wildman–Crippen MR) is 270 cm³/mol. The maximum absolute atomic E-state index is 5.28. The molecule has 3 unspecified atom stereocenters. The van der Waals surface area contributed by atoms with Crippen LogP contribution < -0.4 is 5.32 Å². The van der Waals surface area contributed by atoms with E-state index in [2.05, 4.69) is 218 Å². The fourth-order valence-electron chi connectivity index (χ4n) is 11.4. The topological polar surface area (TPSA) is 24.4 Å². The summed E-state index contributed by atoms with van der Waals surface area (Å²) in [4.78, 5) is 7.94. The number of hydrogen-bond donors (Lipinski definition) is 1. The Labute approximate surface area is 385 Å². The normalized spacial score (nSPS) is 18.2. The Hall–Kier alpha value is -7.46. The zero-order valence-corrected chi connectivity index (χ0v) is 36.9. The second-order valence-corrected chi connectivity index (χ2v) is 18.8. The van der Waals surface area contributed by atoms with Gasteiger partial charge in [-0.3, -0.25) is 4.99 Å². The summed E-state index contributed by atoms with van der Waals surface area (Å²) in [5, 5.41) is 3.65. The number of aliphatic imine (C=N–C) groups is 1. The van der Waals surface area contributed by atoms with Crippen LogP contribution in [0.1, 0.15) is 80.2 Å². The average molecular weight is 849 g/mol. The van der Waals surface area contributed by atoms with Gasteiger partial charge in [-0.15, -0.1) is 0 Å². The van der Waals surface area contributed by atoms with Crippen molar-refractivity contribution in [2.45, 2.75) is 40.6 Å². The zero-order valence-electron chi connectivity index (χ0n) is 36.1. The van der Waals surface area contributed by atoms with Crippen LogP contribution in [0.3, 0.4) is 0 Å². The molecule has 2 aliphatic carbocycles. The molecule has 0 radical (unpaired) electrons. The second-order valence-electron chi connectivity index (χ2n) is 17.7. The molecule has 0 bridgehead atoms. The number of hydrogen-bond acceptors (Lipinski definition) is 3. The fourth-order valence-corrected chi connectivity index (χ4v) is 12.8. The summed E-state index contributed by atoms with van der Waals surface area (Å²) in [6.45, 7) is 7.15. The number of fused-ring (bicyclic) bond motifs is 14. The highest BCUT2D eigenvalue weighted by Gasteiger charge is 2.51. The first kappa shape index (κ1) is 38.0. The molecule has 0 aromatic heterocycles. The summed E-state index contributed by atoms with van der Waals surface area (Å²) in [5.74, 6) is -0.0241. The van der Waals surface area contributed by atoms with E-state index in [1.165, 1.54) is 87.7 Å². The van der Waals surface area contributed by atoms with Crippen LogP contribution in [0.15, 0.2) is 228 Å². The molecule has 13 rings (SSSR count). The molecule has 0 amide bonds. The van der Waals surface area contributed by atoms with Crippen molar-refractivity contribution in [1.82, 2.24) is 0 Å². The molecule has 2 heterocycles. The zero-order chi connectivity index (χ0) is 43.2. The van der Waals surface area contributed by atoms with Gasteiger partial charge in [0, 0.05) is 38.1 Å². The Kier molecular flexibility index (Phi) is 8.66. The smallest absolute Gasteiger partial charge is 0.145 e. The minimum atomic E-state index is -0.445. The molecule has 3 heteroatoms. The van der Waals surface area contributed by atoms with Crippen LogP contribution in [0.5, 0.6) is 0 Å². The molecule has 9 aromatic rings. The van der Waals surface area contributed by atoms with Crippen molar-refractivity contribution in [3.63, 3.8) is 0 Å². The monoisotopic (exact) mass is 848 g/mol. The number of anilines is 1. The third-order valence-electron chi connectivity index (χ3n) is 14.4. The fraction of sp³-hybridized carbons (Fsp3) is 0.0806. The van der Waals surface area contributed by atoms with Gasteiger partial charge in [-0.05, 0) is 102 Å². The van der Waals surface area contributed by atoms with Crippen LogP contribution in [0.4, 0.5) is 5.69 Å². The van der Waals surface area contributed by atoms with Crippen molar-refractivity contribution in [3.8, 4) is 33.4 Å². The number of allylic oxidation sites excluding steroid dienone is 1. The van der Waals surface area contributed by atoms with Gasteiger partial charge in [-0.2, -0.15) is 0 Å². The summed E-state index contributed by atoms with van der Waals surface area (Å²) in [6, 6.07) is 76.5. The Bertz CT molecular complexity index is 3450. The number of rotatable bonds is 5. The highest BCUT2D eigenvalue weighted by molar-refractivity contribution is 7.99. The van der Waals surface area contributed by atoms with Crippen molar-refractivity contribution in [1.29, 1.82) is 0 Å². The molecular formula is C62H44N2S. The third-order valence-corrected chi connectivity index (χ3v) is 15.6. The maximum atomic E-state index is 5.28. The minimum absolute atomic E-state index is 0.0241. The van der Waals surface area contributed by atoms with Crippen LogP contribution in [-0.4, -0.2) is 5.71 Å². The van der Waals surface area contributed by atoms with E-state index in [1.807, 2.05) is 11.8 Å². The van der Waals surface area contributed by atoms with E-state index >= 15 is 0 Å². The van der Waals surface area contributed by atoms with Gasteiger partial charge in [0.2, 0.25) is 0 Å². The number of nitrogens with zero attached hydrogens (tertiary/aromatic N) is 1. The standard InChI is InChI=1S/C62H44N2S/c1-3-39-28-34-52-50(36-39)46-21-9-11-24-51(46)62(52)53-25-12-14-27-56(53)65-60-54(62)35-33-49-57(38(2)45-20-7-8-22-47(45)58(49)60)44-19-15-18-43(37-44)40-29-31-41(32-30-40)59-48-23-10-13-26-55(48)63-61(64-59)42-16-5-4-6-17-42/h4-37,57,61,63H,2-3H2,1H3. The van der Waals surface area contributed by atoms with Gasteiger partial charge < -0.3 is 5.32 Å². The van der Waals surface area contributed by atoms with E-state index in [9.17, 15) is 0 Å². The van der Waals surface area contributed by atoms with Crippen LogP contribution >= 0.6 is 11.8 Å². The van der Waals surface area contributed by atoms with E-state index in [0.29, 0.717) is 0 Å². The van der Waals surface area contributed by atoms with E-state index < -0.39 is 5.41 Å². The Morgan fingerprint density at radius 2 is 1.18 bits per heavy atom. The first-order chi connectivity index (χ1) is 32.1. The van der Waals surface area contributed by atoms with Gasteiger partial charge in [-0.25, -0.2) is 0 Å². The van der Waals surface area contributed by atoms with Gasteiger partial charge in [0.15, 0.2) is 0 Å². The largest absolute Gasteiger partial charge is 0.360 e. The van der Waals surface area contributed by atoms with Gasteiger partial charge in [0.1, 0.15) is 6.17 Å². The second kappa shape index (κ2) is 14.8. The molecule has 4 aliphatic rings. The Morgan fingerprint density at radius 3 is 2.02 bits per heavy atom. The minimum Gasteiger partial charge on any atom is -0.360 e. The molecule has 2 nitrogen and oxygen atoms in total. The molecule has 65 heavy (non-hydrogen) atoms. The maximum Gasteiger partial charge on any atom is 0.145 e. The Balaban J connectivity index is 0.944. The van der Waals surface area contributed by atoms with Crippen molar-refractivity contribution >= 4 is 28.7 Å². The van der Waals surface area contributed by atoms with E-state index in [1.54, 1.807) is 0 Å². The van der Waals surface area contributed by atoms with Crippen molar-refractivity contribution < 1.29 is 0 Å². The lowest BCUT2D eigenvalue weighted by atomic mass is 9.65. The van der Waals surface area contributed by atoms with Gasteiger partial charge in [0.25, 0.3) is 0 Å². The number of para-hydroxylation sites is 1. The molecule has 1 N–H and O–H groups in total. The Morgan fingerprint density at radius 1 is 0.523 bits per heavy atom. The summed E-state index contributed by atoms with van der Waals surface area (Å²) in [5.41, 5.74) is 24.4. The summed E-state index contributed by atoms with van der Waals surface area (Å²) < 4.78 is 0. The molecule has 1 spiro atoms. The van der Waals surface area contributed by atoms with Crippen LogP contribution in [-0.2, 0) is 11.8 Å².